The second kappa shape index (κ2) is 15.1. The van der Waals surface area contributed by atoms with E-state index in [1.807, 2.05) is 0 Å². The predicted octanol–water partition coefficient (Wildman–Crippen LogP) is 16.4. The van der Waals surface area contributed by atoms with E-state index in [4.69, 9.17) is 0 Å². The Morgan fingerprint density at radius 2 is 0.952 bits per heavy atom. The zero-order chi connectivity index (χ0) is 42.9. The van der Waals surface area contributed by atoms with Gasteiger partial charge in [0.05, 0.1) is 11.1 Å². The smallest absolute Gasteiger partial charge is 0.0714 e. The first kappa shape index (κ1) is 39.4. The van der Waals surface area contributed by atoms with Crippen LogP contribution in [0.1, 0.15) is 103 Å². The fourth-order valence-corrected chi connectivity index (χ4v) is 11.6. The quantitative estimate of drug-likeness (QED) is 0.155. The van der Waals surface area contributed by atoms with Gasteiger partial charge in [-0.25, -0.2) is 0 Å². The zero-order valence-electron chi connectivity index (χ0n) is 37.5. The minimum Gasteiger partial charge on any atom is -0.310 e. The molecule has 1 nitrogen and oxygen atoms in total. The molecule has 0 radical (unpaired) electrons. The summed E-state index contributed by atoms with van der Waals surface area (Å²) in [6.07, 6.45) is 7.14. The Bertz CT molecular complexity index is 2950. The van der Waals surface area contributed by atoms with Gasteiger partial charge < -0.3 is 4.90 Å². The van der Waals surface area contributed by atoms with Gasteiger partial charge >= 0.3 is 0 Å². The third-order valence-corrected chi connectivity index (χ3v) is 15.1. The highest BCUT2D eigenvalue weighted by molar-refractivity contribution is 5.97. The van der Waals surface area contributed by atoms with Crippen LogP contribution in [0.2, 0.25) is 0 Å². The van der Waals surface area contributed by atoms with Gasteiger partial charge in [0, 0.05) is 16.9 Å². The first-order valence-corrected chi connectivity index (χ1v) is 23.3. The number of fused-ring (bicyclic) bond motifs is 5. The molecule has 0 aromatic heterocycles. The number of aryl methyl sites for hydroxylation is 3. The summed E-state index contributed by atoms with van der Waals surface area (Å²) in [5, 5.41) is 0. The molecule has 8 aromatic carbocycles. The standard InChI is InChI=1S/C62H57N/c1-42-37-57-58(61(4,5)36-35-60(57,2)3)40-52(42)54-39-53-51-27-17-18-28-55(51)62(47-23-11-7-12-24-47,48-25-13-8-14-26-48)56(53)41-59(54)63(50-34-31-44-21-15-16-22-46(44)38-50)49-32-29-45(30-33-49)43-19-9-6-10-20-43/h6-14,17-20,23-34,37-41H,15-16,21-22,35-36H2,1-5H3. The lowest BCUT2D eigenvalue weighted by molar-refractivity contribution is 0.332. The van der Waals surface area contributed by atoms with Gasteiger partial charge in [-0.1, -0.05) is 167 Å². The molecule has 0 amide bonds. The van der Waals surface area contributed by atoms with Gasteiger partial charge in [0.1, 0.15) is 0 Å². The Balaban J connectivity index is 1.26. The first-order chi connectivity index (χ1) is 30.6. The van der Waals surface area contributed by atoms with E-state index in [9.17, 15) is 0 Å². The van der Waals surface area contributed by atoms with Crippen molar-refractivity contribution in [2.45, 2.75) is 89.4 Å². The number of hydrogen-bond donors (Lipinski definition) is 0. The highest BCUT2D eigenvalue weighted by Crippen LogP contribution is 2.59. The van der Waals surface area contributed by atoms with E-state index in [1.54, 1.807) is 0 Å². The molecule has 310 valence electrons. The van der Waals surface area contributed by atoms with Crippen LogP contribution >= 0.6 is 0 Å². The van der Waals surface area contributed by atoms with Crippen molar-refractivity contribution in [1.29, 1.82) is 0 Å². The molecule has 11 rings (SSSR count). The second-order valence-electron chi connectivity index (χ2n) is 19.8. The van der Waals surface area contributed by atoms with Crippen molar-refractivity contribution in [3.05, 3.63) is 232 Å². The summed E-state index contributed by atoms with van der Waals surface area (Å²) in [6, 6.07) is 69.5. The minimum absolute atomic E-state index is 0.0675. The van der Waals surface area contributed by atoms with E-state index < -0.39 is 5.41 Å². The predicted molar refractivity (Wildman–Crippen MR) is 266 cm³/mol. The largest absolute Gasteiger partial charge is 0.310 e. The van der Waals surface area contributed by atoms with E-state index in [-0.39, 0.29) is 10.8 Å². The molecule has 0 bridgehead atoms. The number of anilines is 3. The van der Waals surface area contributed by atoms with Crippen molar-refractivity contribution in [1.82, 2.24) is 0 Å². The Hall–Kier alpha value is -6.44. The fraction of sp³-hybridized carbons (Fsp3) is 0.226. The van der Waals surface area contributed by atoms with Crippen molar-refractivity contribution in [2.75, 3.05) is 4.90 Å². The van der Waals surface area contributed by atoms with Crippen molar-refractivity contribution in [3.8, 4) is 33.4 Å². The lowest BCUT2D eigenvalue weighted by atomic mass is 9.62. The van der Waals surface area contributed by atoms with E-state index in [2.05, 4.69) is 222 Å². The number of benzene rings is 8. The van der Waals surface area contributed by atoms with Gasteiger partial charge in [0.15, 0.2) is 0 Å². The monoisotopic (exact) mass is 815 g/mol. The maximum Gasteiger partial charge on any atom is 0.0714 e. The normalized spacial score (nSPS) is 16.3. The molecule has 0 fully saturated rings. The maximum atomic E-state index is 2.60. The van der Waals surface area contributed by atoms with Crippen molar-refractivity contribution < 1.29 is 0 Å². The van der Waals surface area contributed by atoms with Crippen LogP contribution in [0.3, 0.4) is 0 Å². The van der Waals surface area contributed by atoms with Crippen LogP contribution < -0.4 is 4.90 Å². The van der Waals surface area contributed by atoms with Gasteiger partial charge in [-0.3, -0.25) is 0 Å². The Kier molecular flexibility index (Phi) is 9.46. The van der Waals surface area contributed by atoms with Crippen LogP contribution in [0.25, 0.3) is 33.4 Å². The van der Waals surface area contributed by atoms with Gasteiger partial charge in [-0.15, -0.1) is 0 Å². The van der Waals surface area contributed by atoms with Gasteiger partial charge in [-0.05, 0) is 177 Å². The molecule has 0 saturated heterocycles. The van der Waals surface area contributed by atoms with Crippen LogP contribution in [-0.4, -0.2) is 0 Å². The molecule has 3 aliphatic rings. The molecule has 0 unspecified atom stereocenters. The lowest BCUT2D eigenvalue weighted by Gasteiger charge is -2.42. The van der Waals surface area contributed by atoms with Crippen LogP contribution in [0.4, 0.5) is 17.1 Å². The maximum absolute atomic E-state index is 2.60. The van der Waals surface area contributed by atoms with Crippen LogP contribution in [0, 0.1) is 6.92 Å². The topological polar surface area (TPSA) is 3.24 Å². The molecule has 3 aliphatic carbocycles. The molecular weight excluding hydrogens is 759 g/mol. The zero-order valence-corrected chi connectivity index (χ0v) is 37.5. The van der Waals surface area contributed by atoms with Gasteiger partial charge in [0.25, 0.3) is 0 Å². The van der Waals surface area contributed by atoms with Crippen LogP contribution in [0.15, 0.2) is 182 Å². The van der Waals surface area contributed by atoms with E-state index in [1.165, 1.54) is 121 Å². The van der Waals surface area contributed by atoms with E-state index in [0.29, 0.717) is 0 Å². The molecule has 0 aliphatic heterocycles. The molecule has 8 aromatic rings. The molecule has 1 heteroatoms. The Morgan fingerprint density at radius 3 is 1.62 bits per heavy atom. The highest BCUT2D eigenvalue weighted by Gasteiger charge is 2.47. The molecule has 63 heavy (non-hydrogen) atoms. The molecule has 0 atom stereocenters. The molecule has 0 N–H and O–H groups in total. The minimum atomic E-state index is -0.530. The summed E-state index contributed by atoms with van der Waals surface area (Å²) in [5.74, 6) is 0. The van der Waals surface area contributed by atoms with Gasteiger partial charge in [0.2, 0.25) is 0 Å². The van der Waals surface area contributed by atoms with Crippen molar-refractivity contribution >= 4 is 17.1 Å². The second-order valence-corrected chi connectivity index (χ2v) is 19.8. The molecular formula is C62H57N. The van der Waals surface area contributed by atoms with Gasteiger partial charge in [-0.2, -0.15) is 0 Å². The van der Waals surface area contributed by atoms with Crippen LogP contribution in [-0.2, 0) is 29.1 Å². The lowest BCUT2D eigenvalue weighted by Crippen LogP contribution is -2.34. The Labute approximate surface area is 375 Å². The number of hydrogen-bond acceptors (Lipinski definition) is 1. The van der Waals surface area contributed by atoms with E-state index in [0.717, 1.165) is 18.5 Å². The van der Waals surface area contributed by atoms with Crippen molar-refractivity contribution in [3.63, 3.8) is 0 Å². The molecule has 0 heterocycles. The molecule has 0 saturated carbocycles. The number of nitrogens with zero attached hydrogens (tertiary/aromatic N) is 1. The van der Waals surface area contributed by atoms with E-state index >= 15 is 0 Å². The Morgan fingerprint density at radius 1 is 0.397 bits per heavy atom. The highest BCUT2D eigenvalue weighted by atomic mass is 15.1. The summed E-state index contributed by atoms with van der Waals surface area (Å²) in [4.78, 5) is 2.59. The number of rotatable bonds is 7. The third kappa shape index (κ3) is 6.42. The van der Waals surface area contributed by atoms with Crippen molar-refractivity contribution in [2.24, 2.45) is 0 Å². The summed E-state index contributed by atoms with van der Waals surface area (Å²) in [7, 11) is 0. The first-order valence-electron chi connectivity index (χ1n) is 23.3. The average Bonchev–Trinajstić information content (AvgIpc) is 3.61. The summed E-state index contributed by atoms with van der Waals surface area (Å²) in [6.45, 7) is 12.2. The third-order valence-electron chi connectivity index (χ3n) is 15.1. The van der Waals surface area contributed by atoms with Crippen LogP contribution in [0.5, 0.6) is 0 Å². The summed E-state index contributed by atoms with van der Waals surface area (Å²) < 4.78 is 0. The SMILES string of the molecule is Cc1cc2c(cc1-c1cc3c(cc1N(c1ccc(-c4ccccc4)cc1)c1ccc4c(c1)CCCC4)C(c1ccccc1)(c1ccccc1)c1ccccc1-3)C(C)(C)CCC2(C)C. The molecule has 0 spiro atoms. The summed E-state index contributed by atoms with van der Waals surface area (Å²) >= 11 is 0. The summed E-state index contributed by atoms with van der Waals surface area (Å²) in [5.41, 5.74) is 23.4. The fourth-order valence-electron chi connectivity index (χ4n) is 11.6. The average molecular weight is 816 g/mol.